The molecule has 0 aromatic heterocycles. The summed E-state index contributed by atoms with van der Waals surface area (Å²) in [6.07, 6.45) is 0. The van der Waals surface area contributed by atoms with E-state index in [0.29, 0.717) is 15.7 Å². The number of nitro benzene ring substituents is 1. The van der Waals surface area contributed by atoms with Crippen LogP contribution in [0.3, 0.4) is 0 Å². The first-order valence-corrected chi connectivity index (χ1v) is 6.69. The van der Waals surface area contributed by atoms with Crippen LogP contribution in [-0.2, 0) is 0 Å². The summed E-state index contributed by atoms with van der Waals surface area (Å²) in [5.41, 5.74) is 0.897. The number of hydrogen-bond acceptors (Lipinski definition) is 3. The third-order valence-corrected chi connectivity index (χ3v) is 3.48. The fraction of sp³-hybridized carbons (Fsp3) is 0.0714. The van der Waals surface area contributed by atoms with Gasteiger partial charge < -0.3 is 5.32 Å². The van der Waals surface area contributed by atoms with E-state index in [0.717, 1.165) is 0 Å². The number of amides is 1. The van der Waals surface area contributed by atoms with Crippen LogP contribution in [0.25, 0.3) is 0 Å². The van der Waals surface area contributed by atoms with E-state index < -0.39 is 16.6 Å². The zero-order valence-electron chi connectivity index (χ0n) is 10.9. The Morgan fingerprint density at radius 2 is 2.00 bits per heavy atom. The lowest BCUT2D eigenvalue weighted by molar-refractivity contribution is -0.385. The van der Waals surface area contributed by atoms with Gasteiger partial charge >= 0.3 is 0 Å². The van der Waals surface area contributed by atoms with Gasteiger partial charge in [0.25, 0.3) is 11.6 Å². The van der Waals surface area contributed by atoms with Crippen molar-refractivity contribution in [3.63, 3.8) is 0 Å². The highest BCUT2D eigenvalue weighted by Gasteiger charge is 2.14. The quantitative estimate of drug-likeness (QED) is 0.668. The molecule has 1 N–H and O–H groups in total. The van der Waals surface area contributed by atoms with Crippen LogP contribution >= 0.6 is 15.9 Å². The first kappa shape index (κ1) is 15.1. The molecule has 2 rings (SSSR count). The van der Waals surface area contributed by atoms with Crippen LogP contribution < -0.4 is 5.32 Å². The average Bonchev–Trinajstić information content (AvgIpc) is 2.42. The number of carbonyl (C=O) groups is 1. The Kier molecular flexibility index (Phi) is 4.32. The SMILES string of the molecule is Cc1cc(C(=O)Nc2ccc(Br)c(F)c2)ccc1[N+](=O)[O-]. The molecule has 0 aliphatic carbocycles. The number of nitro groups is 1. The van der Waals surface area contributed by atoms with Crippen LogP contribution in [0.1, 0.15) is 15.9 Å². The van der Waals surface area contributed by atoms with Crippen molar-refractivity contribution < 1.29 is 14.1 Å². The molecule has 5 nitrogen and oxygen atoms in total. The van der Waals surface area contributed by atoms with Crippen LogP contribution in [0.15, 0.2) is 40.9 Å². The molecule has 0 unspecified atom stereocenters. The van der Waals surface area contributed by atoms with E-state index in [2.05, 4.69) is 21.2 Å². The van der Waals surface area contributed by atoms with Gasteiger partial charge in [-0.1, -0.05) is 0 Å². The number of nitrogens with zero attached hydrogens (tertiary/aromatic N) is 1. The molecule has 0 saturated heterocycles. The average molecular weight is 353 g/mol. The minimum Gasteiger partial charge on any atom is -0.322 e. The van der Waals surface area contributed by atoms with Gasteiger partial charge in [0, 0.05) is 22.9 Å². The molecule has 2 aromatic rings. The highest BCUT2D eigenvalue weighted by Crippen LogP contribution is 2.22. The lowest BCUT2D eigenvalue weighted by Gasteiger charge is -2.07. The summed E-state index contributed by atoms with van der Waals surface area (Å²) < 4.78 is 13.7. The Labute approximate surface area is 128 Å². The molecule has 0 fully saturated rings. The Bertz CT molecular complexity index is 734. The third-order valence-electron chi connectivity index (χ3n) is 2.83. The number of benzene rings is 2. The molecule has 0 aliphatic heterocycles. The molecule has 2 aromatic carbocycles. The van der Waals surface area contributed by atoms with Crippen LogP contribution in [0, 0.1) is 22.9 Å². The van der Waals surface area contributed by atoms with Crippen LogP contribution in [0.5, 0.6) is 0 Å². The maximum atomic E-state index is 13.4. The highest BCUT2D eigenvalue weighted by molar-refractivity contribution is 9.10. The summed E-state index contributed by atoms with van der Waals surface area (Å²) in [6, 6.07) is 8.25. The van der Waals surface area contributed by atoms with Gasteiger partial charge in [-0.15, -0.1) is 0 Å². The second kappa shape index (κ2) is 6.01. The number of hydrogen-bond donors (Lipinski definition) is 1. The molecule has 0 radical (unpaired) electrons. The van der Waals surface area contributed by atoms with Gasteiger partial charge in [-0.25, -0.2) is 4.39 Å². The lowest BCUT2D eigenvalue weighted by Crippen LogP contribution is -2.12. The molecule has 108 valence electrons. The number of halogens is 2. The Morgan fingerprint density at radius 1 is 1.29 bits per heavy atom. The van der Waals surface area contributed by atoms with Gasteiger partial charge in [-0.05, 0) is 53.2 Å². The van der Waals surface area contributed by atoms with Gasteiger partial charge in [-0.3, -0.25) is 14.9 Å². The van der Waals surface area contributed by atoms with E-state index in [1.807, 2.05) is 0 Å². The third kappa shape index (κ3) is 3.43. The van der Waals surface area contributed by atoms with Crippen LogP contribution in [0.4, 0.5) is 15.8 Å². The summed E-state index contributed by atoms with van der Waals surface area (Å²) >= 11 is 3.02. The van der Waals surface area contributed by atoms with Crippen molar-refractivity contribution >= 4 is 33.2 Å². The molecule has 0 atom stereocenters. The van der Waals surface area contributed by atoms with E-state index in [9.17, 15) is 19.3 Å². The molecule has 0 heterocycles. The van der Waals surface area contributed by atoms with Crippen molar-refractivity contribution in [1.29, 1.82) is 0 Å². The zero-order chi connectivity index (χ0) is 15.6. The van der Waals surface area contributed by atoms with Crippen molar-refractivity contribution in [2.45, 2.75) is 6.92 Å². The molecule has 7 heteroatoms. The number of rotatable bonds is 3. The number of anilines is 1. The number of carbonyl (C=O) groups excluding carboxylic acids is 1. The molecular formula is C14H10BrFN2O3. The summed E-state index contributed by atoms with van der Waals surface area (Å²) in [4.78, 5) is 22.2. The van der Waals surface area contributed by atoms with Crippen molar-refractivity contribution in [3.8, 4) is 0 Å². The summed E-state index contributed by atoms with van der Waals surface area (Å²) in [5.74, 6) is -0.956. The molecule has 1 amide bonds. The predicted octanol–water partition coefficient (Wildman–Crippen LogP) is 4.06. The summed E-state index contributed by atoms with van der Waals surface area (Å²) in [5, 5.41) is 13.3. The first-order valence-electron chi connectivity index (χ1n) is 5.90. The normalized spacial score (nSPS) is 10.2. The van der Waals surface area contributed by atoms with Crippen LogP contribution in [0.2, 0.25) is 0 Å². The maximum absolute atomic E-state index is 13.4. The topological polar surface area (TPSA) is 72.2 Å². The summed E-state index contributed by atoms with van der Waals surface area (Å²) in [6.45, 7) is 1.55. The predicted molar refractivity (Wildman–Crippen MR) is 79.9 cm³/mol. The molecule has 21 heavy (non-hydrogen) atoms. The zero-order valence-corrected chi connectivity index (χ0v) is 12.5. The number of aryl methyl sites for hydroxylation is 1. The van der Waals surface area contributed by atoms with Crippen LogP contribution in [-0.4, -0.2) is 10.8 Å². The molecule has 0 aliphatic rings. The van der Waals surface area contributed by atoms with Crippen molar-refractivity contribution in [1.82, 2.24) is 0 Å². The molecule has 0 saturated carbocycles. The molecule has 0 spiro atoms. The highest BCUT2D eigenvalue weighted by atomic mass is 79.9. The van der Waals surface area contributed by atoms with Crippen molar-refractivity contribution in [2.24, 2.45) is 0 Å². The molecule has 0 bridgehead atoms. The van der Waals surface area contributed by atoms with Gasteiger partial charge in [0.05, 0.1) is 9.40 Å². The fourth-order valence-corrected chi connectivity index (χ4v) is 2.03. The van der Waals surface area contributed by atoms with E-state index in [4.69, 9.17) is 0 Å². The maximum Gasteiger partial charge on any atom is 0.272 e. The minimum atomic E-state index is -0.513. The van der Waals surface area contributed by atoms with Crippen molar-refractivity contribution in [3.05, 3.63) is 67.9 Å². The molecular weight excluding hydrogens is 343 g/mol. The van der Waals surface area contributed by atoms with Gasteiger partial charge in [0.1, 0.15) is 5.82 Å². The van der Waals surface area contributed by atoms with E-state index in [1.165, 1.54) is 30.3 Å². The van der Waals surface area contributed by atoms with E-state index >= 15 is 0 Å². The summed E-state index contributed by atoms with van der Waals surface area (Å²) in [7, 11) is 0. The minimum absolute atomic E-state index is 0.0544. The lowest BCUT2D eigenvalue weighted by atomic mass is 10.1. The van der Waals surface area contributed by atoms with Crippen molar-refractivity contribution in [2.75, 3.05) is 5.32 Å². The monoisotopic (exact) mass is 352 g/mol. The largest absolute Gasteiger partial charge is 0.322 e. The Hall–Kier alpha value is -2.28. The second-order valence-corrected chi connectivity index (χ2v) is 5.20. The van der Waals surface area contributed by atoms with Gasteiger partial charge in [0.2, 0.25) is 0 Å². The van der Waals surface area contributed by atoms with Gasteiger partial charge in [-0.2, -0.15) is 0 Å². The number of nitrogens with one attached hydrogen (secondary N) is 1. The Balaban J connectivity index is 2.22. The second-order valence-electron chi connectivity index (χ2n) is 4.34. The smallest absolute Gasteiger partial charge is 0.272 e. The first-order chi connectivity index (χ1) is 9.88. The van der Waals surface area contributed by atoms with E-state index in [-0.39, 0.29) is 11.3 Å². The van der Waals surface area contributed by atoms with Gasteiger partial charge in [0.15, 0.2) is 0 Å². The Morgan fingerprint density at radius 3 is 2.57 bits per heavy atom. The van der Waals surface area contributed by atoms with E-state index in [1.54, 1.807) is 13.0 Å². The fourth-order valence-electron chi connectivity index (χ4n) is 1.78. The standard InChI is InChI=1S/C14H10BrFN2O3/c1-8-6-9(2-5-13(8)18(20)21)14(19)17-10-3-4-11(15)12(16)7-10/h2-7H,1H3,(H,17,19).